The predicted octanol–water partition coefficient (Wildman–Crippen LogP) is -0.744. The minimum Gasteiger partial charge on any atom is -0.377 e. The van der Waals surface area contributed by atoms with Crippen molar-refractivity contribution in [3.05, 3.63) is 44.1 Å². The first-order valence-electron chi connectivity index (χ1n) is 7.12. The van der Waals surface area contributed by atoms with Gasteiger partial charge >= 0.3 is 25.9 Å². The van der Waals surface area contributed by atoms with Crippen molar-refractivity contribution < 1.29 is 13.3 Å². The van der Waals surface area contributed by atoms with E-state index in [-0.39, 0.29) is 25.7 Å². The Morgan fingerprint density at radius 2 is 1.43 bits per heavy atom. The Bertz CT molecular complexity index is 708. The van der Waals surface area contributed by atoms with Gasteiger partial charge < -0.3 is 13.3 Å². The Hall–Kier alpha value is -1.75. The average molecular weight is 345 g/mol. The quantitative estimate of drug-likeness (QED) is 0.432. The first-order valence-corrected chi connectivity index (χ1v) is 9.05. The van der Waals surface area contributed by atoms with Crippen LogP contribution in [-0.4, -0.2) is 43.8 Å². The normalized spacial score (nSPS) is 11.7. The lowest BCUT2D eigenvalue weighted by molar-refractivity contribution is 0.121. The molecular formula is C13H23N3O6Si. The summed E-state index contributed by atoms with van der Waals surface area (Å²) in [5, 5.41) is 0. The minimum absolute atomic E-state index is 0.0246. The maximum atomic E-state index is 12.4. The molecule has 10 heteroatoms. The van der Waals surface area contributed by atoms with Crippen LogP contribution in [0.2, 0.25) is 6.04 Å². The molecule has 0 N–H and O–H groups in total. The summed E-state index contributed by atoms with van der Waals surface area (Å²) in [6.07, 6.45) is 1.43. The maximum Gasteiger partial charge on any atom is 0.501 e. The molecule has 0 aromatic carbocycles. The summed E-state index contributed by atoms with van der Waals surface area (Å²) in [4.78, 5) is 36.9. The standard InChI is InChI=1S/C13H23N3O6Si/c1-6-8-15-11(17)14(7-2)12(18)16(13(15)19)9-10-23(20-3,21-4)22-5/h6H,1,7-10H2,2-5H3. The van der Waals surface area contributed by atoms with E-state index < -0.39 is 25.9 Å². The molecule has 0 bridgehead atoms. The summed E-state index contributed by atoms with van der Waals surface area (Å²) in [5.74, 6) is 0. The largest absolute Gasteiger partial charge is 0.501 e. The van der Waals surface area contributed by atoms with Gasteiger partial charge in [-0.1, -0.05) is 6.08 Å². The van der Waals surface area contributed by atoms with Crippen LogP contribution < -0.4 is 17.1 Å². The number of rotatable bonds is 9. The van der Waals surface area contributed by atoms with Crippen molar-refractivity contribution in [3.8, 4) is 0 Å². The van der Waals surface area contributed by atoms with Crippen molar-refractivity contribution in [1.82, 2.24) is 13.7 Å². The Labute approximate surface area is 134 Å². The molecule has 0 aliphatic rings. The van der Waals surface area contributed by atoms with E-state index in [2.05, 4.69) is 6.58 Å². The van der Waals surface area contributed by atoms with E-state index in [9.17, 15) is 14.4 Å². The highest BCUT2D eigenvalue weighted by Gasteiger charge is 2.37. The lowest BCUT2D eigenvalue weighted by atomic mass is 10.6. The molecule has 0 aliphatic heterocycles. The van der Waals surface area contributed by atoms with Crippen LogP contribution >= 0.6 is 0 Å². The van der Waals surface area contributed by atoms with E-state index in [4.69, 9.17) is 13.3 Å². The molecule has 9 nitrogen and oxygen atoms in total. The average Bonchev–Trinajstić information content (AvgIpc) is 2.56. The molecule has 0 radical (unpaired) electrons. The molecule has 0 unspecified atom stereocenters. The smallest absolute Gasteiger partial charge is 0.377 e. The van der Waals surface area contributed by atoms with Crippen LogP contribution in [0.4, 0.5) is 0 Å². The molecular weight excluding hydrogens is 322 g/mol. The third-order valence-corrected chi connectivity index (χ3v) is 6.29. The van der Waals surface area contributed by atoms with E-state index in [0.717, 1.165) is 13.7 Å². The molecule has 0 saturated carbocycles. The molecule has 1 aromatic rings. The molecule has 1 heterocycles. The third kappa shape index (κ3) is 3.78. The third-order valence-electron chi connectivity index (χ3n) is 3.59. The van der Waals surface area contributed by atoms with E-state index >= 15 is 0 Å². The van der Waals surface area contributed by atoms with Crippen molar-refractivity contribution in [2.75, 3.05) is 21.3 Å². The van der Waals surface area contributed by atoms with Gasteiger partial charge in [0.2, 0.25) is 0 Å². The fourth-order valence-electron chi connectivity index (χ4n) is 2.23. The van der Waals surface area contributed by atoms with Gasteiger partial charge in [0.25, 0.3) is 0 Å². The van der Waals surface area contributed by atoms with Gasteiger partial charge in [0.05, 0.1) is 6.54 Å². The zero-order chi connectivity index (χ0) is 17.6. The van der Waals surface area contributed by atoms with Crippen LogP contribution in [0.3, 0.4) is 0 Å². The summed E-state index contributed by atoms with van der Waals surface area (Å²) >= 11 is 0. The van der Waals surface area contributed by atoms with Crippen LogP contribution in [0.25, 0.3) is 0 Å². The minimum atomic E-state index is -2.94. The van der Waals surface area contributed by atoms with Gasteiger partial charge in [-0.25, -0.2) is 28.1 Å². The van der Waals surface area contributed by atoms with E-state index in [1.54, 1.807) is 6.92 Å². The van der Waals surface area contributed by atoms with Gasteiger partial charge in [-0.3, -0.25) is 0 Å². The molecule has 1 rings (SSSR count). The highest BCUT2D eigenvalue weighted by atomic mass is 28.4. The molecule has 1 aromatic heterocycles. The van der Waals surface area contributed by atoms with Crippen LogP contribution in [0.15, 0.2) is 27.0 Å². The van der Waals surface area contributed by atoms with Gasteiger partial charge in [-0.15, -0.1) is 6.58 Å². The summed E-state index contributed by atoms with van der Waals surface area (Å²) in [7, 11) is 1.41. The zero-order valence-electron chi connectivity index (χ0n) is 13.9. The number of hydrogen-bond acceptors (Lipinski definition) is 6. The first kappa shape index (κ1) is 19.3. The number of allylic oxidation sites excluding steroid dienone is 1. The van der Waals surface area contributed by atoms with Gasteiger partial charge in [0.15, 0.2) is 0 Å². The SMILES string of the molecule is C=CCn1c(=O)n(CC)c(=O)n(CC[Si](OC)(OC)OC)c1=O. The second-order valence-electron chi connectivity index (χ2n) is 4.69. The second-order valence-corrected chi connectivity index (χ2v) is 7.78. The van der Waals surface area contributed by atoms with E-state index in [0.29, 0.717) is 0 Å². The van der Waals surface area contributed by atoms with E-state index in [1.165, 1.54) is 27.4 Å². The Morgan fingerprint density at radius 3 is 1.87 bits per heavy atom. The Kier molecular flexibility index (Phi) is 6.88. The summed E-state index contributed by atoms with van der Waals surface area (Å²) in [6, 6.07) is 0.224. The van der Waals surface area contributed by atoms with Crippen LogP contribution in [0, 0.1) is 0 Å². The number of aromatic nitrogens is 3. The molecule has 130 valence electrons. The predicted molar refractivity (Wildman–Crippen MR) is 86.7 cm³/mol. The van der Waals surface area contributed by atoms with Gasteiger partial charge in [-0.2, -0.15) is 0 Å². The molecule has 0 atom stereocenters. The molecule has 0 amide bonds. The van der Waals surface area contributed by atoms with Gasteiger partial charge in [0, 0.05) is 40.5 Å². The lowest BCUT2D eigenvalue weighted by Crippen LogP contribution is -2.55. The molecule has 0 saturated heterocycles. The molecule has 0 spiro atoms. The van der Waals surface area contributed by atoms with Crippen LogP contribution in [0.1, 0.15) is 6.92 Å². The second kappa shape index (κ2) is 8.20. The van der Waals surface area contributed by atoms with Crippen LogP contribution in [-0.2, 0) is 32.9 Å². The number of nitrogens with zero attached hydrogens (tertiary/aromatic N) is 3. The maximum absolute atomic E-state index is 12.4. The van der Waals surface area contributed by atoms with Crippen molar-refractivity contribution in [2.45, 2.75) is 32.6 Å². The summed E-state index contributed by atoms with van der Waals surface area (Å²) in [5.41, 5.74) is -1.99. The fourth-order valence-corrected chi connectivity index (χ4v) is 3.84. The molecule has 0 aliphatic carbocycles. The fraction of sp³-hybridized carbons (Fsp3) is 0.615. The summed E-state index contributed by atoms with van der Waals surface area (Å²) < 4.78 is 18.8. The highest BCUT2D eigenvalue weighted by molar-refractivity contribution is 6.60. The van der Waals surface area contributed by atoms with Crippen molar-refractivity contribution in [3.63, 3.8) is 0 Å². The first-order chi connectivity index (χ1) is 10.9. The molecule has 0 fully saturated rings. The number of hydrogen-bond donors (Lipinski definition) is 0. The van der Waals surface area contributed by atoms with Crippen LogP contribution in [0.5, 0.6) is 0 Å². The van der Waals surface area contributed by atoms with Crippen molar-refractivity contribution in [2.24, 2.45) is 0 Å². The highest BCUT2D eigenvalue weighted by Crippen LogP contribution is 2.12. The molecule has 23 heavy (non-hydrogen) atoms. The zero-order valence-corrected chi connectivity index (χ0v) is 14.9. The Balaban J connectivity index is 3.39. The Morgan fingerprint density at radius 1 is 0.957 bits per heavy atom. The topological polar surface area (TPSA) is 93.7 Å². The van der Waals surface area contributed by atoms with Crippen molar-refractivity contribution >= 4 is 8.80 Å². The van der Waals surface area contributed by atoms with Gasteiger partial charge in [0.1, 0.15) is 0 Å². The van der Waals surface area contributed by atoms with Gasteiger partial charge in [-0.05, 0) is 6.92 Å². The van der Waals surface area contributed by atoms with Crippen molar-refractivity contribution in [1.29, 1.82) is 0 Å². The summed E-state index contributed by atoms with van der Waals surface area (Å²) in [6.45, 7) is 5.40. The van der Waals surface area contributed by atoms with E-state index in [1.807, 2.05) is 0 Å². The lowest BCUT2D eigenvalue weighted by Gasteiger charge is -2.24. The monoisotopic (exact) mass is 345 g/mol.